The topological polar surface area (TPSA) is 30.5 Å². The predicted molar refractivity (Wildman–Crippen MR) is 79.0 cm³/mol. The Morgan fingerprint density at radius 1 is 1.10 bits per heavy atom. The fourth-order valence-electron chi connectivity index (χ4n) is 2.21. The van der Waals surface area contributed by atoms with Crippen LogP contribution in [0.3, 0.4) is 0 Å². The van der Waals surface area contributed by atoms with Crippen LogP contribution in [0, 0.1) is 0 Å². The van der Waals surface area contributed by atoms with Gasteiger partial charge in [-0.1, -0.05) is 30.3 Å². The molecule has 2 rings (SSSR count). The third kappa shape index (κ3) is 4.37. The van der Waals surface area contributed by atoms with E-state index in [0.717, 1.165) is 22.1 Å². The molecule has 114 valence electrons. The van der Waals surface area contributed by atoms with Crippen LogP contribution >= 0.6 is 0 Å². The molecule has 0 heterocycles. The number of fused-ring (bicyclic) bond motifs is 1. The van der Waals surface area contributed by atoms with E-state index in [1.165, 1.54) is 0 Å². The van der Waals surface area contributed by atoms with Gasteiger partial charge in [0, 0.05) is 18.5 Å². The fraction of sp³-hybridized carbons (Fsp3) is 0.375. The minimum absolute atomic E-state index is 0.276. The Morgan fingerprint density at radius 3 is 2.57 bits per heavy atom. The van der Waals surface area contributed by atoms with Crippen molar-refractivity contribution in [2.75, 3.05) is 26.9 Å². The zero-order chi connectivity index (χ0) is 15.1. The van der Waals surface area contributed by atoms with E-state index < -0.39 is 13.0 Å². The van der Waals surface area contributed by atoms with Crippen molar-refractivity contribution in [1.82, 2.24) is 5.32 Å². The summed E-state index contributed by atoms with van der Waals surface area (Å²) >= 11 is 0. The number of rotatable bonds is 8. The van der Waals surface area contributed by atoms with E-state index in [1.54, 1.807) is 7.11 Å². The van der Waals surface area contributed by atoms with Crippen molar-refractivity contribution in [2.45, 2.75) is 13.0 Å². The molecule has 2 aromatic carbocycles. The lowest BCUT2D eigenvalue weighted by Crippen LogP contribution is -2.20. The minimum Gasteiger partial charge on any atom is -0.496 e. The number of ether oxygens (including phenoxy) is 2. The van der Waals surface area contributed by atoms with Gasteiger partial charge in [0.25, 0.3) is 6.43 Å². The van der Waals surface area contributed by atoms with Crippen molar-refractivity contribution in [1.29, 1.82) is 0 Å². The Bertz CT molecular complexity index is 575. The monoisotopic (exact) mass is 295 g/mol. The summed E-state index contributed by atoms with van der Waals surface area (Å²) in [6, 6.07) is 12.0. The maximum absolute atomic E-state index is 11.9. The lowest BCUT2D eigenvalue weighted by Gasteiger charge is -2.11. The van der Waals surface area contributed by atoms with Gasteiger partial charge in [-0.2, -0.15) is 0 Å². The summed E-state index contributed by atoms with van der Waals surface area (Å²) in [6.07, 6.45) is -2.41. The van der Waals surface area contributed by atoms with Crippen LogP contribution in [0.1, 0.15) is 5.56 Å². The van der Waals surface area contributed by atoms with Crippen LogP contribution in [0.2, 0.25) is 0 Å². The summed E-state index contributed by atoms with van der Waals surface area (Å²) in [5, 5.41) is 5.38. The average molecular weight is 295 g/mol. The van der Waals surface area contributed by atoms with E-state index in [1.807, 2.05) is 36.4 Å². The number of hydrogen-bond acceptors (Lipinski definition) is 3. The highest BCUT2D eigenvalue weighted by Crippen LogP contribution is 2.28. The van der Waals surface area contributed by atoms with Crippen LogP contribution in [0.25, 0.3) is 10.8 Å². The standard InChI is InChI=1S/C16H19F2NO2/c1-20-15-7-6-12(13-4-2-3-5-14(13)15)10-19-8-9-21-11-16(17)18/h2-7,16,19H,8-11H2,1H3. The summed E-state index contributed by atoms with van der Waals surface area (Å²) in [7, 11) is 1.65. The first kappa shape index (κ1) is 15.7. The zero-order valence-corrected chi connectivity index (χ0v) is 11.9. The zero-order valence-electron chi connectivity index (χ0n) is 11.9. The number of alkyl halides is 2. The number of nitrogens with one attached hydrogen (secondary N) is 1. The van der Waals surface area contributed by atoms with Crippen molar-refractivity contribution in [3.8, 4) is 5.75 Å². The SMILES string of the molecule is COc1ccc(CNCCOCC(F)F)c2ccccc12. The van der Waals surface area contributed by atoms with Crippen LogP contribution < -0.4 is 10.1 Å². The molecule has 0 saturated heterocycles. The van der Waals surface area contributed by atoms with Crippen LogP contribution in [0.4, 0.5) is 8.78 Å². The number of halogens is 2. The summed E-state index contributed by atoms with van der Waals surface area (Å²) in [4.78, 5) is 0. The van der Waals surface area contributed by atoms with Crippen molar-refractivity contribution >= 4 is 10.8 Å². The quantitative estimate of drug-likeness (QED) is 0.759. The first-order chi connectivity index (χ1) is 10.2. The third-order valence-electron chi connectivity index (χ3n) is 3.18. The molecule has 0 atom stereocenters. The van der Waals surface area contributed by atoms with Gasteiger partial charge < -0.3 is 14.8 Å². The highest BCUT2D eigenvalue weighted by Gasteiger charge is 2.05. The summed E-state index contributed by atoms with van der Waals surface area (Å²) < 4.78 is 34.0. The maximum Gasteiger partial charge on any atom is 0.261 e. The molecule has 0 saturated carbocycles. The van der Waals surface area contributed by atoms with E-state index in [9.17, 15) is 8.78 Å². The summed E-state index contributed by atoms with van der Waals surface area (Å²) in [5.74, 6) is 0.842. The highest BCUT2D eigenvalue weighted by atomic mass is 19.3. The van der Waals surface area contributed by atoms with Gasteiger partial charge in [0.05, 0.1) is 13.7 Å². The molecule has 3 nitrogen and oxygen atoms in total. The van der Waals surface area contributed by atoms with Crippen molar-refractivity contribution in [3.63, 3.8) is 0 Å². The molecule has 0 radical (unpaired) electrons. The summed E-state index contributed by atoms with van der Waals surface area (Å²) in [6.45, 7) is 0.960. The van der Waals surface area contributed by atoms with E-state index in [4.69, 9.17) is 9.47 Å². The van der Waals surface area contributed by atoms with Gasteiger partial charge in [-0.05, 0) is 17.0 Å². The molecule has 0 aliphatic carbocycles. The van der Waals surface area contributed by atoms with Crippen molar-refractivity contribution in [3.05, 3.63) is 42.0 Å². The van der Waals surface area contributed by atoms with E-state index >= 15 is 0 Å². The Morgan fingerprint density at radius 2 is 1.86 bits per heavy atom. The maximum atomic E-state index is 11.9. The molecule has 2 aromatic rings. The normalized spacial score (nSPS) is 11.2. The second-order valence-electron chi connectivity index (χ2n) is 4.62. The Kier molecular flexibility index (Phi) is 5.90. The number of benzene rings is 2. The largest absolute Gasteiger partial charge is 0.496 e. The second-order valence-corrected chi connectivity index (χ2v) is 4.62. The van der Waals surface area contributed by atoms with Gasteiger partial charge in [0.2, 0.25) is 0 Å². The number of methoxy groups -OCH3 is 1. The van der Waals surface area contributed by atoms with Gasteiger partial charge in [0.15, 0.2) is 0 Å². The van der Waals surface area contributed by atoms with Crippen molar-refractivity contribution in [2.24, 2.45) is 0 Å². The second kappa shape index (κ2) is 7.90. The van der Waals surface area contributed by atoms with Gasteiger partial charge in [-0.25, -0.2) is 8.78 Å². The minimum atomic E-state index is -2.41. The van der Waals surface area contributed by atoms with Crippen molar-refractivity contribution < 1.29 is 18.3 Å². The molecule has 0 fully saturated rings. The average Bonchev–Trinajstić information content (AvgIpc) is 2.50. The smallest absolute Gasteiger partial charge is 0.261 e. The van der Waals surface area contributed by atoms with Gasteiger partial charge in [0.1, 0.15) is 12.4 Å². The molecular weight excluding hydrogens is 276 g/mol. The van der Waals surface area contributed by atoms with E-state index in [2.05, 4.69) is 5.32 Å². The third-order valence-corrected chi connectivity index (χ3v) is 3.18. The van der Waals surface area contributed by atoms with Crippen LogP contribution in [0.15, 0.2) is 36.4 Å². The Hall–Kier alpha value is -1.72. The van der Waals surface area contributed by atoms with Crippen LogP contribution in [-0.2, 0) is 11.3 Å². The van der Waals surface area contributed by atoms with E-state index in [0.29, 0.717) is 13.1 Å². The first-order valence-electron chi connectivity index (χ1n) is 6.83. The Balaban J connectivity index is 1.93. The molecule has 0 aromatic heterocycles. The van der Waals surface area contributed by atoms with Crippen LogP contribution in [0.5, 0.6) is 5.75 Å². The predicted octanol–water partition coefficient (Wildman–Crippen LogP) is 3.22. The lowest BCUT2D eigenvalue weighted by atomic mass is 10.0. The molecule has 0 unspecified atom stereocenters. The fourth-order valence-corrected chi connectivity index (χ4v) is 2.21. The summed E-state index contributed by atoms with van der Waals surface area (Å²) in [5.41, 5.74) is 1.14. The highest BCUT2D eigenvalue weighted by molar-refractivity contribution is 5.91. The molecule has 0 spiro atoms. The molecule has 1 N–H and O–H groups in total. The number of hydrogen-bond donors (Lipinski definition) is 1. The molecule has 5 heteroatoms. The molecule has 21 heavy (non-hydrogen) atoms. The Labute approximate surface area is 122 Å². The molecule has 0 aliphatic heterocycles. The molecule has 0 amide bonds. The lowest BCUT2D eigenvalue weighted by molar-refractivity contribution is 0.0187. The van der Waals surface area contributed by atoms with Gasteiger partial charge in [-0.15, -0.1) is 0 Å². The van der Waals surface area contributed by atoms with Crippen LogP contribution in [-0.4, -0.2) is 33.3 Å². The molecular formula is C16H19F2NO2. The van der Waals surface area contributed by atoms with Gasteiger partial charge in [-0.3, -0.25) is 0 Å². The first-order valence-corrected chi connectivity index (χ1v) is 6.83. The molecule has 0 aliphatic rings. The molecule has 0 bridgehead atoms. The van der Waals surface area contributed by atoms with Gasteiger partial charge >= 0.3 is 0 Å². The van der Waals surface area contributed by atoms with E-state index in [-0.39, 0.29) is 6.61 Å².